The molecule has 12 heteroatoms. The SMILES string of the molecule is CCCN(CCC)C(=O)c1cc(C)cc(C(=O)N[C@@H](Cc2cc(F)cc(F)c2)[C@H](O)CNCc2nnn(CC(C)C)n2)c1. The summed E-state index contributed by atoms with van der Waals surface area (Å²) < 4.78 is 27.9. The van der Waals surface area contributed by atoms with E-state index in [1.54, 1.807) is 30.0 Å². The van der Waals surface area contributed by atoms with Crippen molar-refractivity contribution in [3.05, 3.63) is 76.1 Å². The van der Waals surface area contributed by atoms with Crippen molar-refractivity contribution in [2.24, 2.45) is 5.92 Å². The van der Waals surface area contributed by atoms with Crippen LogP contribution in [0, 0.1) is 24.5 Å². The first-order chi connectivity index (χ1) is 20.5. The van der Waals surface area contributed by atoms with Crippen LogP contribution in [0.3, 0.4) is 0 Å². The van der Waals surface area contributed by atoms with Gasteiger partial charge in [-0.2, -0.15) is 4.80 Å². The molecule has 0 saturated heterocycles. The summed E-state index contributed by atoms with van der Waals surface area (Å²) in [5.41, 5.74) is 1.65. The van der Waals surface area contributed by atoms with Crippen LogP contribution in [-0.4, -0.2) is 73.8 Å². The van der Waals surface area contributed by atoms with Crippen LogP contribution in [0.15, 0.2) is 36.4 Å². The Kier molecular flexibility index (Phi) is 12.7. The number of aliphatic hydroxyl groups is 1. The second kappa shape index (κ2) is 16.2. The average molecular weight is 600 g/mol. The predicted molar refractivity (Wildman–Crippen MR) is 159 cm³/mol. The topological polar surface area (TPSA) is 125 Å². The lowest BCUT2D eigenvalue weighted by Gasteiger charge is -2.25. The summed E-state index contributed by atoms with van der Waals surface area (Å²) in [5, 5.41) is 29.3. The fourth-order valence-electron chi connectivity index (χ4n) is 4.82. The number of nitrogens with zero attached hydrogens (tertiary/aromatic N) is 5. The Labute approximate surface area is 251 Å². The van der Waals surface area contributed by atoms with Crippen LogP contribution in [0.4, 0.5) is 8.78 Å². The number of hydrogen-bond acceptors (Lipinski definition) is 7. The molecule has 1 aromatic heterocycles. The number of rotatable bonds is 16. The van der Waals surface area contributed by atoms with Gasteiger partial charge in [0.2, 0.25) is 0 Å². The number of aliphatic hydroxyl groups excluding tert-OH is 1. The quantitative estimate of drug-likeness (QED) is 0.230. The highest BCUT2D eigenvalue weighted by Gasteiger charge is 2.24. The average Bonchev–Trinajstić information content (AvgIpc) is 3.37. The smallest absolute Gasteiger partial charge is 0.253 e. The number of carbonyl (C=O) groups excluding carboxylic acids is 2. The van der Waals surface area contributed by atoms with Crippen molar-refractivity contribution in [2.75, 3.05) is 19.6 Å². The highest BCUT2D eigenvalue weighted by Crippen LogP contribution is 2.16. The molecule has 0 radical (unpaired) electrons. The maximum Gasteiger partial charge on any atom is 0.253 e. The van der Waals surface area contributed by atoms with Gasteiger partial charge in [0.25, 0.3) is 11.8 Å². The van der Waals surface area contributed by atoms with Crippen LogP contribution in [0.5, 0.6) is 0 Å². The van der Waals surface area contributed by atoms with E-state index in [0.717, 1.165) is 24.5 Å². The van der Waals surface area contributed by atoms with Crippen molar-refractivity contribution in [1.29, 1.82) is 0 Å². The molecule has 0 saturated carbocycles. The standard InChI is InChI=1S/C31H43F2N7O3/c1-6-8-39(9-7-2)31(43)24-11-21(5)10-23(15-24)30(42)35-27(14-22-12-25(32)16-26(33)13-22)28(41)17-34-18-29-36-38-40(37-29)19-20(3)4/h10-13,15-16,20,27-28,34,41H,6-9,14,17-19H2,1-5H3,(H,35,42)/t27-,28+/m0/s1. The van der Waals surface area contributed by atoms with E-state index in [0.29, 0.717) is 36.9 Å². The summed E-state index contributed by atoms with van der Waals surface area (Å²) in [4.78, 5) is 30.0. The molecule has 10 nitrogen and oxygen atoms in total. The minimum Gasteiger partial charge on any atom is -0.390 e. The Balaban J connectivity index is 1.78. The molecule has 3 aromatic rings. The number of nitrogens with one attached hydrogen (secondary N) is 2. The van der Waals surface area contributed by atoms with Crippen molar-refractivity contribution < 1.29 is 23.5 Å². The molecule has 2 aromatic carbocycles. The molecule has 43 heavy (non-hydrogen) atoms. The highest BCUT2D eigenvalue weighted by atomic mass is 19.1. The molecule has 0 aliphatic carbocycles. The molecule has 0 spiro atoms. The molecule has 0 aliphatic heterocycles. The minimum absolute atomic E-state index is 0.0298. The lowest BCUT2D eigenvalue weighted by molar-refractivity contribution is 0.0755. The second-order valence-electron chi connectivity index (χ2n) is 11.3. The van der Waals surface area contributed by atoms with Crippen LogP contribution in [0.1, 0.15) is 78.2 Å². The summed E-state index contributed by atoms with van der Waals surface area (Å²) in [6.45, 7) is 12.0. The van der Waals surface area contributed by atoms with E-state index in [1.807, 2.05) is 27.7 Å². The van der Waals surface area contributed by atoms with E-state index in [9.17, 15) is 23.5 Å². The van der Waals surface area contributed by atoms with Gasteiger partial charge in [0.05, 0.1) is 25.2 Å². The van der Waals surface area contributed by atoms with Gasteiger partial charge < -0.3 is 20.6 Å². The summed E-state index contributed by atoms with van der Waals surface area (Å²) in [7, 11) is 0. The molecular formula is C31H43F2N7O3. The zero-order chi connectivity index (χ0) is 31.5. The third-order valence-corrected chi connectivity index (χ3v) is 6.68. The Morgan fingerprint density at radius 1 is 1.00 bits per heavy atom. The molecule has 3 rings (SSSR count). The third kappa shape index (κ3) is 10.5. The molecule has 234 valence electrons. The molecule has 2 atom stereocenters. The highest BCUT2D eigenvalue weighted by molar-refractivity contribution is 6.00. The Morgan fingerprint density at radius 3 is 2.28 bits per heavy atom. The predicted octanol–water partition coefficient (Wildman–Crippen LogP) is 3.67. The van der Waals surface area contributed by atoms with Gasteiger partial charge in [0, 0.05) is 36.8 Å². The van der Waals surface area contributed by atoms with Gasteiger partial charge in [-0.3, -0.25) is 9.59 Å². The van der Waals surface area contributed by atoms with Gasteiger partial charge in [-0.25, -0.2) is 8.78 Å². The largest absolute Gasteiger partial charge is 0.390 e. The molecule has 0 aliphatic rings. The lowest BCUT2D eigenvalue weighted by Crippen LogP contribution is -2.48. The van der Waals surface area contributed by atoms with Crippen molar-refractivity contribution in [3.8, 4) is 0 Å². The van der Waals surface area contributed by atoms with E-state index in [2.05, 4.69) is 26.0 Å². The molecule has 3 N–H and O–H groups in total. The van der Waals surface area contributed by atoms with Gasteiger partial charge in [-0.15, -0.1) is 10.2 Å². The number of halogens is 2. The van der Waals surface area contributed by atoms with Crippen LogP contribution in [0.2, 0.25) is 0 Å². The number of hydrogen-bond donors (Lipinski definition) is 3. The summed E-state index contributed by atoms with van der Waals surface area (Å²) in [6, 6.07) is 7.12. The summed E-state index contributed by atoms with van der Waals surface area (Å²) >= 11 is 0. The number of benzene rings is 2. The maximum atomic E-state index is 14.0. The molecule has 1 heterocycles. The molecule has 0 bridgehead atoms. The number of tetrazole rings is 1. The zero-order valence-corrected chi connectivity index (χ0v) is 25.6. The molecule has 0 unspecified atom stereocenters. The summed E-state index contributed by atoms with van der Waals surface area (Å²) in [5.74, 6) is -1.39. The van der Waals surface area contributed by atoms with Crippen molar-refractivity contribution in [1.82, 2.24) is 35.7 Å². The van der Waals surface area contributed by atoms with Crippen molar-refractivity contribution in [3.63, 3.8) is 0 Å². The van der Waals surface area contributed by atoms with Crippen molar-refractivity contribution >= 4 is 11.8 Å². The number of aromatic nitrogens is 4. The first-order valence-electron chi connectivity index (χ1n) is 14.8. The number of aryl methyl sites for hydroxylation is 1. The first kappa shape index (κ1) is 33.7. The van der Waals surface area contributed by atoms with E-state index in [-0.39, 0.29) is 36.5 Å². The summed E-state index contributed by atoms with van der Waals surface area (Å²) in [6.07, 6.45) is 0.443. The Morgan fingerprint density at radius 2 is 1.65 bits per heavy atom. The van der Waals surface area contributed by atoms with Crippen molar-refractivity contribution in [2.45, 2.75) is 79.1 Å². The maximum absolute atomic E-state index is 14.0. The fourth-order valence-corrected chi connectivity index (χ4v) is 4.82. The van der Waals surface area contributed by atoms with E-state index in [4.69, 9.17) is 0 Å². The van der Waals surface area contributed by atoms with Gasteiger partial charge in [-0.05, 0) is 78.8 Å². The van der Waals surface area contributed by atoms with Gasteiger partial charge >= 0.3 is 0 Å². The number of amides is 2. The third-order valence-electron chi connectivity index (χ3n) is 6.68. The van der Waals surface area contributed by atoms with Crippen LogP contribution in [-0.2, 0) is 19.5 Å². The van der Waals surface area contributed by atoms with E-state index < -0.39 is 29.7 Å². The molecular weight excluding hydrogens is 556 g/mol. The van der Waals surface area contributed by atoms with Crippen LogP contribution >= 0.6 is 0 Å². The van der Waals surface area contributed by atoms with Crippen LogP contribution in [0.25, 0.3) is 0 Å². The Bertz CT molecular complexity index is 1340. The van der Waals surface area contributed by atoms with Gasteiger partial charge in [0.15, 0.2) is 5.82 Å². The van der Waals surface area contributed by atoms with E-state index in [1.165, 1.54) is 16.9 Å². The normalized spacial score (nSPS) is 12.8. The monoisotopic (exact) mass is 599 g/mol. The minimum atomic E-state index is -1.14. The lowest BCUT2D eigenvalue weighted by atomic mass is 9.99. The zero-order valence-electron chi connectivity index (χ0n) is 25.6. The van der Waals surface area contributed by atoms with Crippen LogP contribution < -0.4 is 10.6 Å². The fraction of sp³-hybridized carbons (Fsp3) is 0.516. The first-order valence-corrected chi connectivity index (χ1v) is 14.8. The van der Waals surface area contributed by atoms with E-state index >= 15 is 0 Å². The number of carbonyl (C=O) groups is 2. The Hall–Kier alpha value is -3.77. The second-order valence-corrected chi connectivity index (χ2v) is 11.3. The van der Waals surface area contributed by atoms with Gasteiger partial charge in [-0.1, -0.05) is 27.7 Å². The van der Waals surface area contributed by atoms with Gasteiger partial charge in [0.1, 0.15) is 11.6 Å². The molecule has 0 fully saturated rings. The molecule has 2 amide bonds.